The van der Waals surface area contributed by atoms with Crippen LogP contribution in [-0.4, -0.2) is 11.9 Å². The molecule has 2 aliphatic carbocycles. The molecule has 4 N–H and O–H groups in total. The number of benzene rings is 1. The Labute approximate surface area is 124 Å². The molecule has 2 aliphatic rings. The second kappa shape index (κ2) is 5.35. The molecule has 1 saturated carbocycles. The van der Waals surface area contributed by atoms with E-state index in [4.69, 9.17) is 11.5 Å². The molecule has 0 bridgehead atoms. The van der Waals surface area contributed by atoms with E-state index in [2.05, 4.69) is 48.3 Å². The molecule has 3 rings (SSSR count). The van der Waals surface area contributed by atoms with Gasteiger partial charge < -0.3 is 11.5 Å². The van der Waals surface area contributed by atoms with Gasteiger partial charge in [0.15, 0.2) is 5.96 Å². The van der Waals surface area contributed by atoms with Crippen molar-refractivity contribution in [2.75, 3.05) is 0 Å². The summed E-state index contributed by atoms with van der Waals surface area (Å²) in [6.07, 6.45) is 6.47. The highest BCUT2D eigenvalue weighted by Gasteiger charge is 2.45. The lowest BCUT2D eigenvalue weighted by Gasteiger charge is -2.44. The highest BCUT2D eigenvalue weighted by Crippen LogP contribution is 2.49. The van der Waals surface area contributed by atoms with Crippen LogP contribution in [0, 0.1) is 24.7 Å². The minimum absolute atomic E-state index is 0.140. The van der Waals surface area contributed by atoms with Crippen LogP contribution in [0.2, 0.25) is 0 Å². The van der Waals surface area contributed by atoms with Crippen LogP contribution in [0.5, 0.6) is 0 Å². The van der Waals surface area contributed by atoms with E-state index in [1.54, 1.807) is 0 Å². The fraction of sp³-hybridized carbons (Fsp3) is 0.412. The monoisotopic (exact) mass is 283 g/mol. The predicted molar refractivity (Wildman–Crippen MR) is 83.6 cm³/mol. The van der Waals surface area contributed by atoms with Crippen LogP contribution in [0.1, 0.15) is 29.9 Å². The van der Waals surface area contributed by atoms with Gasteiger partial charge in [-0.1, -0.05) is 42.0 Å². The maximum absolute atomic E-state index is 12.5. The summed E-state index contributed by atoms with van der Waals surface area (Å²) in [5.74, 6) is 0.522. The van der Waals surface area contributed by atoms with Crippen LogP contribution in [0.15, 0.2) is 41.4 Å². The Bertz CT molecular complexity index is 599. The molecule has 0 heterocycles. The first-order valence-electron chi connectivity index (χ1n) is 7.44. The van der Waals surface area contributed by atoms with Crippen molar-refractivity contribution in [1.29, 1.82) is 0 Å². The smallest absolute Gasteiger partial charge is 0.253 e. The predicted octanol–water partition coefficient (Wildman–Crippen LogP) is 2.09. The number of nitrogens with two attached hydrogens (primary N) is 2. The van der Waals surface area contributed by atoms with Crippen LogP contribution >= 0.6 is 0 Å². The molecule has 0 radical (unpaired) electrons. The summed E-state index contributed by atoms with van der Waals surface area (Å²) in [5, 5.41) is 0. The zero-order valence-corrected chi connectivity index (χ0v) is 12.2. The van der Waals surface area contributed by atoms with Crippen molar-refractivity contribution in [3.05, 3.63) is 47.5 Å². The standard InChI is InChI=1S/C17H21N3O/c1-10-2-4-11(5-3-10)13-8-6-12-7-9-14(12)15(13)16(21)20-17(18)19/h2-5,7,9,12-15H,6,8H2,1H3,(H4,18,19,20,21). The number of carbonyl (C=O) groups excluding carboxylic acids is 1. The maximum Gasteiger partial charge on any atom is 0.253 e. The molecule has 4 atom stereocenters. The van der Waals surface area contributed by atoms with E-state index >= 15 is 0 Å². The molecule has 4 unspecified atom stereocenters. The van der Waals surface area contributed by atoms with Crippen LogP contribution in [0.3, 0.4) is 0 Å². The van der Waals surface area contributed by atoms with Gasteiger partial charge in [0.1, 0.15) is 0 Å². The minimum Gasteiger partial charge on any atom is -0.370 e. The summed E-state index contributed by atoms with van der Waals surface area (Å²) in [7, 11) is 0. The van der Waals surface area contributed by atoms with Gasteiger partial charge in [0.25, 0.3) is 5.91 Å². The number of hydrogen-bond donors (Lipinski definition) is 2. The van der Waals surface area contributed by atoms with Gasteiger partial charge in [-0.15, -0.1) is 0 Å². The summed E-state index contributed by atoms with van der Waals surface area (Å²) in [5.41, 5.74) is 13.2. The Morgan fingerprint density at radius 3 is 2.43 bits per heavy atom. The molecule has 0 spiro atoms. The normalized spacial score (nSPS) is 30.1. The van der Waals surface area contributed by atoms with Crippen molar-refractivity contribution in [3.8, 4) is 0 Å². The molecule has 0 aromatic heterocycles. The molecule has 1 aromatic rings. The lowest BCUT2D eigenvalue weighted by molar-refractivity contribution is -0.125. The number of allylic oxidation sites excluding steroid dienone is 2. The Morgan fingerprint density at radius 2 is 1.86 bits per heavy atom. The zero-order chi connectivity index (χ0) is 15.0. The van der Waals surface area contributed by atoms with Crippen molar-refractivity contribution in [2.45, 2.75) is 25.7 Å². The number of rotatable bonds is 2. The SMILES string of the molecule is Cc1ccc(C2CCC3C=CC3C2C(=O)N=C(N)N)cc1. The van der Waals surface area contributed by atoms with Crippen LogP contribution in [-0.2, 0) is 4.79 Å². The van der Waals surface area contributed by atoms with Crippen molar-refractivity contribution in [2.24, 2.45) is 34.2 Å². The highest BCUT2D eigenvalue weighted by atomic mass is 16.1. The number of hydrogen-bond acceptors (Lipinski definition) is 1. The third-order valence-electron chi connectivity index (χ3n) is 4.76. The van der Waals surface area contributed by atoms with Crippen molar-refractivity contribution < 1.29 is 4.79 Å². The molecule has 110 valence electrons. The minimum atomic E-state index is -0.181. The number of aliphatic imine (C=N–C) groups is 1. The van der Waals surface area contributed by atoms with Gasteiger partial charge in [0.05, 0.1) is 5.92 Å². The quantitative estimate of drug-likeness (QED) is 0.495. The molecule has 0 aliphatic heterocycles. The summed E-state index contributed by atoms with van der Waals surface area (Å²) in [4.78, 5) is 16.3. The van der Waals surface area contributed by atoms with E-state index in [-0.39, 0.29) is 29.6 Å². The zero-order valence-electron chi connectivity index (χ0n) is 12.2. The highest BCUT2D eigenvalue weighted by molar-refractivity contribution is 5.93. The first kappa shape index (κ1) is 13.9. The third-order valence-corrected chi connectivity index (χ3v) is 4.76. The summed E-state index contributed by atoms with van der Waals surface area (Å²) >= 11 is 0. The second-order valence-electron chi connectivity index (χ2n) is 6.12. The topological polar surface area (TPSA) is 81.5 Å². The van der Waals surface area contributed by atoms with Crippen LogP contribution in [0.4, 0.5) is 0 Å². The van der Waals surface area contributed by atoms with Crippen molar-refractivity contribution >= 4 is 11.9 Å². The Kier molecular flexibility index (Phi) is 3.53. The average molecular weight is 283 g/mol. The number of guanidine groups is 1. The van der Waals surface area contributed by atoms with E-state index in [9.17, 15) is 4.79 Å². The molecule has 21 heavy (non-hydrogen) atoms. The molecule has 4 heteroatoms. The first-order valence-corrected chi connectivity index (χ1v) is 7.44. The molecule has 0 saturated heterocycles. The molecular formula is C17H21N3O. The molecule has 1 aromatic carbocycles. The third kappa shape index (κ3) is 2.58. The summed E-state index contributed by atoms with van der Waals surface area (Å²) in [6.45, 7) is 2.07. The average Bonchev–Trinajstić information content (AvgIpc) is 2.40. The van der Waals surface area contributed by atoms with Gasteiger partial charge in [-0.05, 0) is 43.1 Å². The van der Waals surface area contributed by atoms with Gasteiger partial charge in [-0.3, -0.25) is 4.79 Å². The van der Waals surface area contributed by atoms with E-state index in [1.807, 2.05) is 0 Å². The van der Waals surface area contributed by atoms with E-state index in [0.717, 1.165) is 12.8 Å². The lowest BCUT2D eigenvalue weighted by Crippen LogP contribution is -2.41. The fourth-order valence-electron chi connectivity index (χ4n) is 3.62. The molecule has 4 nitrogen and oxygen atoms in total. The lowest BCUT2D eigenvalue weighted by atomic mass is 9.60. The van der Waals surface area contributed by atoms with Gasteiger partial charge in [0.2, 0.25) is 0 Å². The van der Waals surface area contributed by atoms with Gasteiger partial charge in [-0.2, -0.15) is 4.99 Å². The van der Waals surface area contributed by atoms with Crippen LogP contribution < -0.4 is 11.5 Å². The van der Waals surface area contributed by atoms with Crippen molar-refractivity contribution in [3.63, 3.8) is 0 Å². The van der Waals surface area contributed by atoms with E-state index in [1.165, 1.54) is 11.1 Å². The Balaban J connectivity index is 1.93. The van der Waals surface area contributed by atoms with Crippen LogP contribution in [0.25, 0.3) is 0 Å². The van der Waals surface area contributed by atoms with Gasteiger partial charge in [0, 0.05) is 0 Å². The van der Waals surface area contributed by atoms with Crippen molar-refractivity contribution in [1.82, 2.24) is 0 Å². The summed E-state index contributed by atoms with van der Waals surface area (Å²) in [6, 6.07) is 8.44. The number of amides is 1. The Morgan fingerprint density at radius 1 is 1.14 bits per heavy atom. The largest absolute Gasteiger partial charge is 0.370 e. The Hall–Kier alpha value is -2.10. The van der Waals surface area contributed by atoms with E-state index < -0.39 is 0 Å². The molecule has 1 amide bonds. The number of aryl methyl sites for hydroxylation is 1. The summed E-state index contributed by atoms with van der Waals surface area (Å²) < 4.78 is 0. The van der Waals surface area contributed by atoms with Gasteiger partial charge in [-0.25, -0.2) is 0 Å². The molecule has 1 fully saturated rings. The fourth-order valence-corrected chi connectivity index (χ4v) is 3.62. The van der Waals surface area contributed by atoms with Gasteiger partial charge >= 0.3 is 0 Å². The number of fused-ring (bicyclic) bond motifs is 1. The number of carbonyl (C=O) groups is 1. The first-order chi connectivity index (χ1) is 10.1. The van der Waals surface area contributed by atoms with E-state index in [0.29, 0.717) is 5.92 Å². The maximum atomic E-state index is 12.5. The second-order valence-corrected chi connectivity index (χ2v) is 6.12. The molecular weight excluding hydrogens is 262 g/mol. The number of nitrogens with zero attached hydrogens (tertiary/aromatic N) is 1.